The predicted molar refractivity (Wildman–Crippen MR) is 71.6 cm³/mol. The number of pyridine rings is 1. The van der Waals surface area contributed by atoms with Crippen LogP contribution in [-0.2, 0) is 0 Å². The van der Waals surface area contributed by atoms with Crippen molar-refractivity contribution in [2.75, 3.05) is 0 Å². The Morgan fingerprint density at radius 1 is 1.05 bits per heavy atom. The summed E-state index contributed by atoms with van der Waals surface area (Å²) in [6, 6.07) is 3.76. The Bertz CT molecular complexity index is 676. The van der Waals surface area contributed by atoms with Crippen molar-refractivity contribution in [3.05, 3.63) is 51.0 Å². The van der Waals surface area contributed by atoms with Gasteiger partial charge in [0.2, 0.25) is 0 Å². The first-order valence-electron chi connectivity index (χ1n) is 4.94. The maximum atomic E-state index is 13.3. The molecule has 0 amide bonds. The van der Waals surface area contributed by atoms with Crippen LogP contribution in [0, 0.1) is 5.82 Å². The number of halogens is 4. The number of nitrogens with zero attached hydrogens (tertiary/aromatic N) is 1. The summed E-state index contributed by atoms with van der Waals surface area (Å²) in [5.74, 6) is -1.97. The van der Waals surface area contributed by atoms with E-state index in [0.29, 0.717) is 0 Å². The van der Waals surface area contributed by atoms with Gasteiger partial charge < -0.3 is 5.11 Å². The molecule has 2 rings (SSSR count). The van der Waals surface area contributed by atoms with Gasteiger partial charge in [-0.3, -0.25) is 0 Å². The second-order valence-corrected chi connectivity index (χ2v) is 4.82. The predicted octanol–water partition coefficient (Wildman–Crippen LogP) is 4.55. The highest BCUT2D eigenvalue weighted by molar-refractivity contribution is 6.44. The molecule has 0 fully saturated rings. The summed E-state index contributed by atoms with van der Waals surface area (Å²) in [5.41, 5.74) is -0.0294. The third-order valence-electron chi connectivity index (χ3n) is 2.36. The number of carboxylic acids is 1. The molecule has 1 aromatic heterocycles. The van der Waals surface area contributed by atoms with Gasteiger partial charge in [-0.15, -0.1) is 0 Å². The van der Waals surface area contributed by atoms with E-state index in [1.807, 2.05) is 0 Å². The van der Waals surface area contributed by atoms with Crippen LogP contribution in [0.15, 0.2) is 24.4 Å². The van der Waals surface area contributed by atoms with Crippen molar-refractivity contribution in [1.82, 2.24) is 4.98 Å². The number of benzene rings is 1. The monoisotopic (exact) mass is 319 g/mol. The normalized spacial score (nSPS) is 10.5. The van der Waals surface area contributed by atoms with Crippen LogP contribution in [0.4, 0.5) is 4.39 Å². The molecule has 0 bridgehead atoms. The molecule has 0 aliphatic heterocycles. The topological polar surface area (TPSA) is 50.2 Å². The van der Waals surface area contributed by atoms with Crippen molar-refractivity contribution in [1.29, 1.82) is 0 Å². The molecule has 2 aromatic rings. The largest absolute Gasteiger partial charge is 0.476 e. The highest BCUT2D eigenvalue weighted by Gasteiger charge is 2.18. The fourth-order valence-electron chi connectivity index (χ4n) is 1.54. The summed E-state index contributed by atoms with van der Waals surface area (Å²) in [6.45, 7) is 0. The molecule has 98 valence electrons. The van der Waals surface area contributed by atoms with E-state index in [-0.39, 0.29) is 31.9 Å². The number of hydrogen-bond donors (Lipinski definition) is 1. The third-order valence-corrected chi connectivity index (χ3v) is 3.39. The minimum Gasteiger partial charge on any atom is -0.476 e. The van der Waals surface area contributed by atoms with E-state index in [9.17, 15) is 9.18 Å². The molecular formula is C12H5Cl3FNO2. The van der Waals surface area contributed by atoms with Crippen molar-refractivity contribution in [2.45, 2.75) is 0 Å². The number of aromatic nitrogens is 1. The van der Waals surface area contributed by atoms with E-state index < -0.39 is 11.8 Å². The van der Waals surface area contributed by atoms with E-state index in [0.717, 1.165) is 12.3 Å². The SMILES string of the molecule is O=C(O)c1ncc(F)cc1-c1cc(Cl)c(Cl)cc1Cl. The lowest BCUT2D eigenvalue weighted by atomic mass is 10.0. The molecule has 0 unspecified atom stereocenters. The van der Waals surface area contributed by atoms with Crippen LogP contribution in [-0.4, -0.2) is 16.1 Å². The maximum absolute atomic E-state index is 13.3. The zero-order valence-corrected chi connectivity index (χ0v) is 11.4. The molecule has 0 spiro atoms. The molecule has 0 radical (unpaired) electrons. The van der Waals surface area contributed by atoms with Crippen LogP contribution in [0.25, 0.3) is 11.1 Å². The lowest BCUT2D eigenvalue weighted by Crippen LogP contribution is -2.04. The summed E-state index contributed by atoms with van der Waals surface area (Å²) in [6.07, 6.45) is 0.818. The highest BCUT2D eigenvalue weighted by Crippen LogP contribution is 2.36. The number of hydrogen-bond acceptors (Lipinski definition) is 2. The molecule has 0 saturated carbocycles. The van der Waals surface area contributed by atoms with Crippen molar-refractivity contribution in [3.8, 4) is 11.1 Å². The maximum Gasteiger partial charge on any atom is 0.355 e. The Balaban J connectivity index is 2.74. The second-order valence-electron chi connectivity index (χ2n) is 3.60. The van der Waals surface area contributed by atoms with Crippen molar-refractivity contribution >= 4 is 40.8 Å². The molecular weight excluding hydrogens is 315 g/mol. The van der Waals surface area contributed by atoms with Gasteiger partial charge in [0.15, 0.2) is 5.69 Å². The number of carboxylic acid groups (broad SMARTS) is 1. The first kappa shape index (κ1) is 14.1. The van der Waals surface area contributed by atoms with E-state index in [1.54, 1.807) is 0 Å². The molecule has 0 aliphatic rings. The molecule has 0 saturated heterocycles. The molecule has 0 atom stereocenters. The summed E-state index contributed by atoms with van der Waals surface area (Å²) in [7, 11) is 0. The fraction of sp³-hybridized carbons (Fsp3) is 0. The molecule has 1 aromatic carbocycles. The van der Waals surface area contributed by atoms with Gasteiger partial charge >= 0.3 is 5.97 Å². The van der Waals surface area contributed by atoms with Crippen molar-refractivity contribution < 1.29 is 14.3 Å². The van der Waals surface area contributed by atoms with Gasteiger partial charge in [0.05, 0.1) is 21.3 Å². The van der Waals surface area contributed by atoms with E-state index in [2.05, 4.69) is 4.98 Å². The highest BCUT2D eigenvalue weighted by atomic mass is 35.5. The van der Waals surface area contributed by atoms with Gasteiger partial charge in [-0.25, -0.2) is 14.2 Å². The molecule has 1 N–H and O–H groups in total. The first-order valence-corrected chi connectivity index (χ1v) is 6.07. The van der Waals surface area contributed by atoms with Crippen LogP contribution < -0.4 is 0 Å². The smallest absolute Gasteiger partial charge is 0.355 e. The van der Waals surface area contributed by atoms with Gasteiger partial charge in [0, 0.05) is 11.1 Å². The standard InChI is InChI=1S/C12H5Cl3FNO2/c13-8-3-10(15)9(14)2-6(8)7-1-5(16)4-17-11(7)12(18)19/h1-4H,(H,18,19). The zero-order chi connectivity index (χ0) is 14.2. The van der Waals surface area contributed by atoms with Gasteiger partial charge in [0.25, 0.3) is 0 Å². The number of aromatic carboxylic acids is 1. The summed E-state index contributed by atoms with van der Waals surface area (Å²) < 4.78 is 13.3. The molecule has 19 heavy (non-hydrogen) atoms. The van der Waals surface area contributed by atoms with Crippen molar-refractivity contribution in [2.24, 2.45) is 0 Å². The first-order chi connectivity index (χ1) is 8.90. The van der Waals surface area contributed by atoms with Crippen LogP contribution in [0.3, 0.4) is 0 Å². The average molecular weight is 321 g/mol. The van der Waals surface area contributed by atoms with Gasteiger partial charge in [-0.2, -0.15) is 0 Å². The Labute approximate surface area is 122 Å². The molecule has 0 aliphatic carbocycles. The van der Waals surface area contributed by atoms with E-state index >= 15 is 0 Å². The van der Waals surface area contributed by atoms with Crippen LogP contribution in [0.5, 0.6) is 0 Å². The Morgan fingerprint density at radius 2 is 1.68 bits per heavy atom. The van der Waals surface area contributed by atoms with E-state index in [4.69, 9.17) is 39.9 Å². The zero-order valence-electron chi connectivity index (χ0n) is 9.12. The molecule has 7 heteroatoms. The lowest BCUT2D eigenvalue weighted by molar-refractivity contribution is 0.0691. The minimum absolute atomic E-state index is 0.0380. The Kier molecular flexibility index (Phi) is 3.94. The number of rotatable bonds is 2. The third kappa shape index (κ3) is 2.81. The second kappa shape index (κ2) is 5.33. The van der Waals surface area contributed by atoms with Crippen LogP contribution >= 0.6 is 34.8 Å². The van der Waals surface area contributed by atoms with Gasteiger partial charge in [-0.05, 0) is 18.2 Å². The molecule has 1 heterocycles. The Morgan fingerprint density at radius 3 is 2.32 bits per heavy atom. The fourth-order valence-corrected chi connectivity index (χ4v) is 2.19. The summed E-state index contributed by atoms with van der Waals surface area (Å²) in [5, 5.41) is 9.60. The average Bonchev–Trinajstić information content (AvgIpc) is 2.33. The van der Waals surface area contributed by atoms with Crippen LogP contribution in [0.2, 0.25) is 15.1 Å². The summed E-state index contributed by atoms with van der Waals surface area (Å²) in [4.78, 5) is 14.6. The van der Waals surface area contributed by atoms with E-state index in [1.165, 1.54) is 12.1 Å². The number of carbonyl (C=O) groups is 1. The van der Waals surface area contributed by atoms with Crippen molar-refractivity contribution in [3.63, 3.8) is 0 Å². The van der Waals surface area contributed by atoms with Gasteiger partial charge in [-0.1, -0.05) is 34.8 Å². The Hall–Kier alpha value is -1.36. The molecule has 3 nitrogen and oxygen atoms in total. The van der Waals surface area contributed by atoms with Crippen LogP contribution in [0.1, 0.15) is 10.5 Å². The lowest BCUT2D eigenvalue weighted by Gasteiger charge is -2.09. The quantitative estimate of drug-likeness (QED) is 0.826. The van der Waals surface area contributed by atoms with Gasteiger partial charge in [0.1, 0.15) is 5.82 Å². The summed E-state index contributed by atoms with van der Waals surface area (Å²) >= 11 is 17.6. The minimum atomic E-state index is -1.29.